The molecule has 112 valence electrons. The van der Waals surface area contributed by atoms with Crippen LogP contribution in [0.3, 0.4) is 0 Å². The molecular weight excluding hydrogens is 270 g/mol. The van der Waals surface area contributed by atoms with Crippen LogP contribution in [0.15, 0.2) is 0 Å². The number of sulfonamides is 1. The second kappa shape index (κ2) is 7.21. The van der Waals surface area contributed by atoms with Gasteiger partial charge in [-0.15, -0.1) is 0 Å². The molecule has 7 heteroatoms. The maximum absolute atomic E-state index is 11.8. The van der Waals surface area contributed by atoms with Gasteiger partial charge in [0, 0.05) is 20.3 Å². The summed E-state index contributed by atoms with van der Waals surface area (Å²) in [5.41, 5.74) is -0.924. The Morgan fingerprint density at radius 2 is 1.95 bits per heavy atom. The number of carboxylic acid groups (broad SMARTS) is 1. The third kappa shape index (κ3) is 5.08. The van der Waals surface area contributed by atoms with Crippen molar-refractivity contribution in [3.05, 3.63) is 0 Å². The molecule has 0 amide bonds. The molecule has 0 aromatic heterocycles. The number of aliphatic carboxylic acids is 1. The van der Waals surface area contributed by atoms with Gasteiger partial charge >= 0.3 is 5.97 Å². The summed E-state index contributed by atoms with van der Waals surface area (Å²) >= 11 is 0. The Labute approximate surface area is 114 Å². The van der Waals surface area contributed by atoms with Gasteiger partial charge in [0.2, 0.25) is 10.0 Å². The lowest BCUT2D eigenvalue weighted by molar-refractivity contribution is -0.150. The number of methoxy groups -OCH3 is 1. The fraction of sp³-hybridized carbons (Fsp3) is 0.917. The normalized spacial score (nSPS) is 19.2. The Hall–Kier alpha value is -0.660. The standard InChI is InChI=1S/C12H23NO5S/c1-18-8-5-9-19(16,17)13-10-12(11(14)15)6-3-2-4-7-12/h13H,2-10H2,1H3,(H,14,15). The highest BCUT2D eigenvalue weighted by atomic mass is 32.2. The lowest BCUT2D eigenvalue weighted by atomic mass is 9.74. The van der Waals surface area contributed by atoms with Crippen molar-refractivity contribution < 1.29 is 23.1 Å². The summed E-state index contributed by atoms with van der Waals surface area (Å²) in [6.45, 7) is 0.378. The molecule has 1 saturated carbocycles. The number of rotatable bonds is 8. The van der Waals surface area contributed by atoms with Crippen LogP contribution in [0.25, 0.3) is 0 Å². The maximum atomic E-state index is 11.8. The number of nitrogens with one attached hydrogen (secondary N) is 1. The van der Waals surface area contributed by atoms with Gasteiger partial charge in [-0.1, -0.05) is 19.3 Å². The fourth-order valence-corrected chi connectivity index (χ4v) is 3.55. The number of carbonyl (C=O) groups is 1. The number of ether oxygens (including phenoxy) is 1. The summed E-state index contributed by atoms with van der Waals surface area (Å²) in [6, 6.07) is 0. The zero-order valence-electron chi connectivity index (χ0n) is 11.4. The molecule has 0 aromatic carbocycles. The van der Waals surface area contributed by atoms with Crippen LogP contribution in [0.4, 0.5) is 0 Å². The molecule has 0 heterocycles. The van der Waals surface area contributed by atoms with E-state index in [2.05, 4.69) is 4.72 Å². The number of hydrogen-bond acceptors (Lipinski definition) is 4. The minimum absolute atomic E-state index is 0.00233. The van der Waals surface area contributed by atoms with E-state index >= 15 is 0 Å². The highest BCUT2D eigenvalue weighted by Crippen LogP contribution is 2.36. The second-order valence-corrected chi connectivity index (χ2v) is 7.06. The van der Waals surface area contributed by atoms with Crippen molar-refractivity contribution in [2.75, 3.05) is 26.0 Å². The van der Waals surface area contributed by atoms with Crippen LogP contribution in [0, 0.1) is 5.41 Å². The molecule has 0 atom stereocenters. The van der Waals surface area contributed by atoms with E-state index in [-0.39, 0.29) is 12.3 Å². The molecule has 1 rings (SSSR count). The van der Waals surface area contributed by atoms with Gasteiger partial charge in [-0.05, 0) is 19.3 Å². The Morgan fingerprint density at radius 3 is 2.47 bits per heavy atom. The van der Waals surface area contributed by atoms with Crippen LogP contribution in [-0.2, 0) is 19.6 Å². The van der Waals surface area contributed by atoms with E-state index in [0.717, 1.165) is 19.3 Å². The molecular formula is C12H23NO5S. The third-order valence-electron chi connectivity index (χ3n) is 3.66. The van der Waals surface area contributed by atoms with E-state index in [1.807, 2.05) is 0 Å². The number of carboxylic acids is 1. The molecule has 2 N–H and O–H groups in total. The molecule has 0 unspecified atom stereocenters. The zero-order valence-corrected chi connectivity index (χ0v) is 12.2. The Kier molecular flexibility index (Phi) is 6.22. The third-order valence-corrected chi connectivity index (χ3v) is 5.07. The topological polar surface area (TPSA) is 92.7 Å². The first-order valence-electron chi connectivity index (χ1n) is 6.62. The van der Waals surface area contributed by atoms with Gasteiger partial charge in [0.05, 0.1) is 11.2 Å². The van der Waals surface area contributed by atoms with Crippen LogP contribution in [-0.4, -0.2) is 45.5 Å². The fourth-order valence-electron chi connectivity index (χ4n) is 2.41. The van der Waals surface area contributed by atoms with Crippen molar-refractivity contribution in [1.29, 1.82) is 0 Å². The monoisotopic (exact) mass is 293 g/mol. The SMILES string of the molecule is COCCCS(=O)(=O)NCC1(C(=O)O)CCCCC1. The smallest absolute Gasteiger partial charge is 0.310 e. The Morgan fingerprint density at radius 1 is 1.32 bits per heavy atom. The van der Waals surface area contributed by atoms with Crippen LogP contribution < -0.4 is 4.72 Å². The molecule has 1 fully saturated rings. The van der Waals surface area contributed by atoms with E-state index in [1.165, 1.54) is 7.11 Å². The Balaban J connectivity index is 2.54. The van der Waals surface area contributed by atoms with E-state index < -0.39 is 21.4 Å². The van der Waals surface area contributed by atoms with Gasteiger partial charge < -0.3 is 9.84 Å². The summed E-state index contributed by atoms with van der Waals surface area (Å²) in [4.78, 5) is 11.4. The van der Waals surface area contributed by atoms with E-state index in [0.29, 0.717) is 25.9 Å². The molecule has 0 bridgehead atoms. The minimum atomic E-state index is -3.42. The molecule has 0 spiro atoms. The average molecular weight is 293 g/mol. The first-order valence-corrected chi connectivity index (χ1v) is 8.27. The van der Waals surface area contributed by atoms with E-state index in [9.17, 15) is 18.3 Å². The second-order valence-electron chi connectivity index (χ2n) is 5.13. The van der Waals surface area contributed by atoms with Crippen LogP contribution in [0.5, 0.6) is 0 Å². The van der Waals surface area contributed by atoms with Gasteiger partial charge in [0.15, 0.2) is 0 Å². The molecule has 0 aromatic rings. The number of hydrogen-bond donors (Lipinski definition) is 2. The Bertz CT molecular complexity index is 387. The van der Waals surface area contributed by atoms with Crippen molar-refractivity contribution in [3.63, 3.8) is 0 Å². The van der Waals surface area contributed by atoms with Crippen molar-refractivity contribution in [1.82, 2.24) is 4.72 Å². The lowest BCUT2D eigenvalue weighted by Crippen LogP contribution is -2.44. The molecule has 1 aliphatic carbocycles. The summed E-state index contributed by atoms with van der Waals surface area (Å²) in [7, 11) is -1.90. The highest BCUT2D eigenvalue weighted by Gasteiger charge is 2.40. The zero-order chi connectivity index (χ0) is 14.4. The molecule has 0 radical (unpaired) electrons. The van der Waals surface area contributed by atoms with Crippen LogP contribution in [0.1, 0.15) is 38.5 Å². The molecule has 0 saturated heterocycles. The predicted octanol–water partition coefficient (Wildman–Crippen LogP) is 0.977. The molecule has 0 aliphatic heterocycles. The van der Waals surface area contributed by atoms with E-state index in [4.69, 9.17) is 4.74 Å². The van der Waals surface area contributed by atoms with E-state index in [1.54, 1.807) is 0 Å². The van der Waals surface area contributed by atoms with Gasteiger partial charge in [0.1, 0.15) is 0 Å². The molecule has 19 heavy (non-hydrogen) atoms. The maximum Gasteiger partial charge on any atom is 0.310 e. The first-order chi connectivity index (χ1) is 8.92. The van der Waals surface area contributed by atoms with Gasteiger partial charge in [-0.25, -0.2) is 13.1 Å². The molecule has 6 nitrogen and oxygen atoms in total. The lowest BCUT2D eigenvalue weighted by Gasteiger charge is -2.33. The average Bonchev–Trinajstić information content (AvgIpc) is 2.38. The molecule has 1 aliphatic rings. The van der Waals surface area contributed by atoms with Crippen molar-refractivity contribution in [2.24, 2.45) is 5.41 Å². The quantitative estimate of drug-likeness (QED) is 0.651. The van der Waals surface area contributed by atoms with Gasteiger partial charge in [-0.2, -0.15) is 0 Å². The summed E-state index contributed by atoms with van der Waals surface area (Å²) in [5, 5.41) is 9.34. The van der Waals surface area contributed by atoms with Crippen molar-refractivity contribution in [2.45, 2.75) is 38.5 Å². The van der Waals surface area contributed by atoms with Crippen molar-refractivity contribution >= 4 is 16.0 Å². The summed E-state index contributed by atoms with van der Waals surface area (Å²) in [5.74, 6) is -0.928. The minimum Gasteiger partial charge on any atom is -0.481 e. The largest absolute Gasteiger partial charge is 0.481 e. The van der Waals surface area contributed by atoms with Crippen LogP contribution in [0.2, 0.25) is 0 Å². The predicted molar refractivity (Wildman–Crippen MR) is 71.4 cm³/mol. The first kappa shape index (κ1) is 16.4. The van der Waals surface area contributed by atoms with Gasteiger partial charge in [0.25, 0.3) is 0 Å². The van der Waals surface area contributed by atoms with Crippen molar-refractivity contribution in [3.8, 4) is 0 Å². The van der Waals surface area contributed by atoms with Gasteiger partial charge in [-0.3, -0.25) is 4.79 Å². The van der Waals surface area contributed by atoms with Crippen LogP contribution >= 0.6 is 0 Å². The summed E-state index contributed by atoms with van der Waals surface area (Å²) in [6.07, 6.45) is 4.21. The summed E-state index contributed by atoms with van der Waals surface area (Å²) < 4.78 is 30.8. The highest BCUT2D eigenvalue weighted by molar-refractivity contribution is 7.89.